The Morgan fingerprint density at radius 2 is 2.17 bits per heavy atom. The van der Waals surface area contributed by atoms with Crippen molar-refractivity contribution in [3.8, 4) is 0 Å². The van der Waals surface area contributed by atoms with E-state index in [0.29, 0.717) is 12.6 Å². The molecule has 3 rings (SSSR count). The second kappa shape index (κ2) is 4.82. The average molecular weight is 247 g/mol. The van der Waals surface area contributed by atoms with Crippen molar-refractivity contribution in [3.63, 3.8) is 0 Å². The lowest BCUT2D eigenvalue weighted by molar-refractivity contribution is 0.254. The van der Waals surface area contributed by atoms with E-state index in [1.165, 1.54) is 19.3 Å². The molecule has 2 aliphatic heterocycles. The maximum absolute atomic E-state index is 5.79. The molecule has 5 heteroatoms. The van der Waals surface area contributed by atoms with E-state index in [1.54, 1.807) is 6.20 Å². The summed E-state index contributed by atoms with van der Waals surface area (Å²) in [6.45, 7) is 2.65. The van der Waals surface area contributed by atoms with Gasteiger partial charge in [0.15, 0.2) is 5.82 Å². The van der Waals surface area contributed by atoms with Gasteiger partial charge in [-0.3, -0.25) is 4.90 Å². The Hall–Kier alpha value is -1.20. The van der Waals surface area contributed by atoms with Crippen LogP contribution in [-0.4, -0.2) is 47.3 Å². The van der Waals surface area contributed by atoms with Gasteiger partial charge in [0, 0.05) is 37.3 Å². The molecule has 0 amide bonds. The zero-order valence-corrected chi connectivity index (χ0v) is 10.9. The summed E-state index contributed by atoms with van der Waals surface area (Å²) >= 11 is 0. The van der Waals surface area contributed by atoms with Crippen LogP contribution in [0.2, 0.25) is 0 Å². The highest BCUT2D eigenvalue weighted by Crippen LogP contribution is 2.30. The highest BCUT2D eigenvalue weighted by atomic mass is 15.3. The zero-order chi connectivity index (χ0) is 12.5. The molecule has 2 fully saturated rings. The quantitative estimate of drug-likeness (QED) is 0.829. The second-order valence-corrected chi connectivity index (χ2v) is 5.37. The molecule has 18 heavy (non-hydrogen) atoms. The number of hydrogen-bond donors (Lipinski definition) is 1. The van der Waals surface area contributed by atoms with E-state index in [4.69, 9.17) is 5.73 Å². The summed E-state index contributed by atoms with van der Waals surface area (Å²) in [6, 6.07) is 3.39. The van der Waals surface area contributed by atoms with Gasteiger partial charge >= 0.3 is 0 Å². The van der Waals surface area contributed by atoms with E-state index in [2.05, 4.69) is 27.0 Å². The molecule has 0 saturated carbocycles. The topological polar surface area (TPSA) is 58.3 Å². The second-order valence-electron chi connectivity index (χ2n) is 5.37. The van der Waals surface area contributed by atoms with Crippen LogP contribution in [0.15, 0.2) is 12.3 Å². The number of rotatable bonds is 2. The monoisotopic (exact) mass is 247 g/mol. The summed E-state index contributed by atoms with van der Waals surface area (Å²) in [6.07, 6.45) is 5.59. The Kier molecular flexibility index (Phi) is 3.18. The van der Waals surface area contributed by atoms with Crippen LogP contribution in [0, 0.1) is 0 Å². The highest BCUT2D eigenvalue weighted by Gasteiger charge is 2.35. The molecular weight excluding hydrogens is 226 g/mol. The molecular formula is C13H21N5. The largest absolute Gasteiger partial charge is 0.353 e. The van der Waals surface area contributed by atoms with Crippen molar-refractivity contribution < 1.29 is 0 Å². The summed E-state index contributed by atoms with van der Waals surface area (Å²) in [5.41, 5.74) is 6.90. The van der Waals surface area contributed by atoms with E-state index in [1.807, 2.05) is 6.07 Å². The number of anilines is 1. The molecule has 2 aliphatic rings. The van der Waals surface area contributed by atoms with Gasteiger partial charge in [0.1, 0.15) is 0 Å². The molecule has 0 spiro atoms. The van der Waals surface area contributed by atoms with Gasteiger partial charge in [-0.05, 0) is 32.4 Å². The molecule has 0 aromatic carbocycles. The molecule has 0 aliphatic carbocycles. The van der Waals surface area contributed by atoms with Crippen LogP contribution in [0.4, 0.5) is 5.82 Å². The minimum Gasteiger partial charge on any atom is -0.353 e. The Morgan fingerprint density at radius 3 is 3.00 bits per heavy atom. The van der Waals surface area contributed by atoms with Crippen molar-refractivity contribution in [3.05, 3.63) is 17.8 Å². The van der Waals surface area contributed by atoms with Crippen LogP contribution in [0.1, 0.15) is 24.8 Å². The van der Waals surface area contributed by atoms with E-state index in [9.17, 15) is 0 Å². The maximum Gasteiger partial charge on any atom is 0.155 e. The molecule has 1 aromatic rings. The average Bonchev–Trinajstić information content (AvgIpc) is 2.63. The van der Waals surface area contributed by atoms with Crippen molar-refractivity contribution in [2.24, 2.45) is 5.73 Å². The third-order valence-electron chi connectivity index (χ3n) is 4.45. The third kappa shape index (κ3) is 1.97. The number of fused-ring (bicyclic) bond motifs is 2. The predicted molar refractivity (Wildman–Crippen MR) is 71.3 cm³/mol. The third-order valence-corrected chi connectivity index (χ3v) is 4.45. The van der Waals surface area contributed by atoms with E-state index in [-0.39, 0.29) is 0 Å². The standard InChI is InChI=1S/C13H21N5/c1-17-11-2-3-12(17)9-18(7-5-11)13-10(8-14)4-6-15-16-13/h4,6,11-12H,2-3,5,7-9,14H2,1H3. The van der Waals surface area contributed by atoms with Crippen molar-refractivity contribution in [2.75, 3.05) is 25.0 Å². The summed E-state index contributed by atoms with van der Waals surface area (Å²) in [5, 5.41) is 8.32. The van der Waals surface area contributed by atoms with Gasteiger partial charge in [-0.1, -0.05) is 0 Å². The fourth-order valence-electron chi connectivity index (χ4n) is 3.28. The van der Waals surface area contributed by atoms with Crippen molar-refractivity contribution >= 4 is 5.82 Å². The summed E-state index contributed by atoms with van der Waals surface area (Å²) in [5.74, 6) is 0.987. The van der Waals surface area contributed by atoms with Crippen LogP contribution in [0.25, 0.3) is 0 Å². The van der Waals surface area contributed by atoms with Crippen LogP contribution in [-0.2, 0) is 6.54 Å². The van der Waals surface area contributed by atoms with Gasteiger partial charge in [-0.15, -0.1) is 5.10 Å². The van der Waals surface area contributed by atoms with E-state index in [0.717, 1.165) is 30.5 Å². The van der Waals surface area contributed by atoms with Crippen LogP contribution >= 0.6 is 0 Å². The Bertz CT molecular complexity index is 422. The lowest BCUT2D eigenvalue weighted by Crippen LogP contribution is -2.37. The fourth-order valence-corrected chi connectivity index (χ4v) is 3.28. The first-order valence-corrected chi connectivity index (χ1v) is 6.77. The summed E-state index contributed by atoms with van der Waals surface area (Å²) in [7, 11) is 2.26. The van der Waals surface area contributed by atoms with Gasteiger partial charge in [-0.2, -0.15) is 5.10 Å². The normalized spacial score (nSPS) is 28.4. The van der Waals surface area contributed by atoms with Gasteiger partial charge in [0.2, 0.25) is 0 Å². The first kappa shape index (κ1) is 11.9. The molecule has 2 N–H and O–H groups in total. The van der Waals surface area contributed by atoms with Crippen molar-refractivity contribution in [1.29, 1.82) is 0 Å². The fraction of sp³-hybridized carbons (Fsp3) is 0.692. The Balaban J connectivity index is 1.84. The van der Waals surface area contributed by atoms with Crippen LogP contribution < -0.4 is 10.6 Å². The minimum atomic E-state index is 0.533. The predicted octanol–water partition coefficient (Wildman–Crippen LogP) is 0.608. The molecule has 1 aromatic heterocycles. The molecule has 2 saturated heterocycles. The van der Waals surface area contributed by atoms with Crippen molar-refractivity contribution in [2.45, 2.75) is 37.9 Å². The molecule has 0 radical (unpaired) electrons. The molecule has 98 valence electrons. The van der Waals surface area contributed by atoms with E-state index >= 15 is 0 Å². The van der Waals surface area contributed by atoms with Gasteiger partial charge in [-0.25, -0.2) is 0 Å². The lowest BCUT2D eigenvalue weighted by Gasteiger charge is -2.27. The van der Waals surface area contributed by atoms with Gasteiger partial charge in [0.05, 0.1) is 6.20 Å². The number of aromatic nitrogens is 2. The van der Waals surface area contributed by atoms with E-state index < -0.39 is 0 Å². The highest BCUT2D eigenvalue weighted by molar-refractivity contribution is 5.46. The lowest BCUT2D eigenvalue weighted by atomic mass is 10.1. The van der Waals surface area contributed by atoms with Gasteiger partial charge in [0.25, 0.3) is 0 Å². The molecule has 2 unspecified atom stereocenters. The molecule has 2 bridgehead atoms. The number of nitrogens with two attached hydrogens (primary N) is 1. The molecule has 5 nitrogen and oxygen atoms in total. The number of nitrogens with zero attached hydrogens (tertiary/aromatic N) is 4. The van der Waals surface area contributed by atoms with Gasteiger partial charge < -0.3 is 10.6 Å². The molecule has 2 atom stereocenters. The maximum atomic E-state index is 5.79. The minimum absolute atomic E-state index is 0.533. The Labute approximate surface area is 108 Å². The van der Waals surface area contributed by atoms with Crippen molar-refractivity contribution in [1.82, 2.24) is 15.1 Å². The summed E-state index contributed by atoms with van der Waals surface area (Å²) < 4.78 is 0. The molecule has 3 heterocycles. The Morgan fingerprint density at radius 1 is 1.33 bits per heavy atom. The zero-order valence-electron chi connectivity index (χ0n) is 10.9. The van der Waals surface area contributed by atoms with Crippen LogP contribution in [0.3, 0.4) is 0 Å². The smallest absolute Gasteiger partial charge is 0.155 e. The summed E-state index contributed by atoms with van der Waals surface area (Å²) in [4.78, 5) is 4.91. The number of hydrogen-bond acceptors (Lipinski definition) is 5. The van der Waals surface area contributed by atoms with Crippen LogP contribution in [0.5, 0.6) is 0 Å². The first-order chi connectivity index (χ1) is 8.79. The SMILES string of the molecule is CN1C2CCC1CN(c1nnccc1CN)CC2. The first-order valence-electron chi connectivity index (χ1n) is 6.77. The number of likely N-dealkylation sites (N-methyl/N-ethyl adjacent to an activating group) is 1.